The van der Waals surface area contributed by atoms with Crippen LogP contribution >= 0.6 is 15.9 Å². The zero-order valence-electron chi connectivity index (χ0n) is 11.3. The standard InChI is InChI=1S/C13H26BrNO/c1-6-11(7-2)15(9-8-14)12(16)10-13(3,4)5/h11H,6-10H2,1-5H3. The second-order valence-corrected chi connectivity index (χ2v) is 6.28. The first-order valence-corrected chi connectivity index (χ1v) is 7.33. The summed E-state index contributed by atoms with van der Waals surface area (Å²) in [5.74, 6) is 0.292. The molecule has 0 aliphatic carbocycles. The number of alkyl halides is 1. The minimum Gasteiger partial charge on any atom is -0.339 e. The van der Waals surface area contributed by atoms with Gasteiger partial charge in [0.15, 0.2) is 0 Å². The van der Waals surface area contributed by atoms with E-state index in [1.54, 1.807) is 0 Å². The van der Waals surface area contributed by atoms with Crippen LogP contribution in [-0.4, -0.2) is 28.7 Å². The molecule has 0 bridgehead atoms. The third kappa shape index (κ3) is 5.88. The lowest BCUT2D eigenvalue weighted by molar-refractivity contribution is -0.135. The topological polar surface area (TPSA) is 20.3 Å². The SMILES string of the molecule is CCC(CC)N(CCBr)C(=O)CC(C)(C)C. The van der Waals surface area contributed by atoms with Crippen LogP contribution in [0.15, 0.2) is 0 Å². The van der Waals surface area contributed by atoms with E-state index >= 15 is 0 Å². The summed E-state index contributed by atoms with van der Waals surface area (Å²) in [6.07, 6.45) is 2.72. The van der Waals surface area contributed by atoms with E-state index in [-0.39, 0.29) is 5.41 Å². The molecule has 0 spiro atoms. The Hall–Kier alpha value is -0.0500. The normalized spacial score (nSPS) is 11.9. The maximum absolute atomic E-state index is 12.2. The Morgan fingerprint density at radius 3 is 2.06 bits per heavy atom. The molecule has 0 radical (unpaired) electrons. The molecular weight excluding hydrogens is 266 g/mol. The Morgan fingerprint density at radius 2 is 1.75 bits per heavy atom. The lowest BCUT2D eigenvalue weighted by Crippen LogP contribution is -2.42. The van der Waals surface area contributed by atoms with Crippen molar-refractivity contribution in [2.75, 3.05) is 11.9 Å². The monoisotopic (exact) mass is 291 g/mol. The fourth-order valence-electron chi connectivity index (χ4n) is 1.89. The second-order valence-electron chi connectivity index (χ2n) is 5.48. The van der Waals surface area contributed by atoms with Gasteiger partial charge in [-0.15, -0.1) is 0 Å². The molecule has 0 fully saturated rings. The van der Waals surface area contributed by atoms with Gasteiger partial charge in [-0.2, -0.15) is 0 Å². The van der Waals surface area contributed by atoms with Gasteiger partial charge < -0.3 is 4.90 Å². The Kier molecular flexibility index (Phi) is 7.29. The molecule has 0 aromatic carbocycles. The molecule has 0 unspecified atom stereocenters. The lowest BCUT2D eigenvalue weighted by atomic mass is 9.91. The van der Waals surface area contributed by atoms with Crippen molar-refractivity contribution in [2.24, 2.45) is 5.41 Å². The molecule has 0 saturated carbocycles. The van der Waals surface area contributed by atoms with Gasteiger partial charge in [0, 0.05) is 24.3 Å². The molecule has 1 amide bonds. The highest BCUT2D eigenvalue weighted by atomic mass is 79.9. The van der Waals surface area contributed by atoms with Crippen molar-refractivity contribution in [3.05, 3.63) is 0 Å². The molecule has 0 saturated heterocycles. The highest BCUT2D eigenvalue weighted by molar-refractivity contribution is 9.09. The van der Waals surface area contributed by atoms with Crippen LogP contribution in [0.1, 0.15) is 53.9 Å². The first-order chi connectivity index (χ1) is 7.35. The predicted molar refractivity (Wildman–Crippen MR) is 73.9 cm³/mol. The van der Waals surface area contributed by atoms with Crippen LogP contribution in [0.25, 0.3) is 0 Å². The van der Waals surface area contributed by atoms with Gasteiger partial charge in [0.1, 0.15) is 0 Å². The maximum atomic E-state index is 12.2. The second kappa shape index (κ2) is 7.31. The first-order valence-electron chi connectivity index (χ1n) is 6.21. The minimum atomic E-state index is 0.0771. The summed E-state index contributed by atoms with van der Waals surface area (Å²) in [7, 11) is 0. The fraction of sp³-hybridized carbons (Fsp3) is 0.923. The average molecular weight is 292 g/mol. The zero-order valence-corrected chi connectivity index (χ0v) is 12.9. The fourth-order valence-corrected chi connectivity index (χ4v) is 2.27. The van der Waals surface area contributed by atoms with Crippen molar-refractivity contribution in [1.82, 2.24) is 4.90 Å². The number of rotatable bonds is 6. The molecular formula is C13H26BrNO. The van der Waals surface area contributed by atoms with Crippen LogP contribution in [0, 0.1) is 5.41 Å². The van der Waals surface area contributed by atoms with E-state index in [0.717, 1.165) is 24.7 Å². The van der Waals surface area contributed by atoms with E-state index in [1.807, 2.05) is 4.90 Å². The number of carbonyl (C=O) groups is 1. The summed E-state index contributed by atoms with van der Waals surface area (Å²) in [4.78, 5) is 14.3. The molecule has 0 aromatic rings. The third-order valence-electron chi connectivity index (χ3n) is 2.71. The first kappa shape index (κ1) is 16.0. The molecule has 0 aliphatic rings. The van der Waals surface area contributed by atoms with Gasteiger partial charge in [0.25, 0.3) is 0 Å². The third-order valence-corrected chi connectivity index (χ3v) is 3.07. The van der Waals surface area contributed by atoms with Crippen molar-refractivity contribution in [1.29, 1.82) is 0 Å². The molecule has 16 heavy (non-hydrogen) atoms. The van der Waals surface area contributed by atoms with Crippen LogP contribution < -0.4 is 0 Å². The van der Waals surface area contributed by atoms with Gasteiger partial charge in [-0.1, -0.05) is 50.5 Å². The van der Waals surface area contributed by atoms with Crippen molar-refractivity contribution in [3.8, 4) is 0 Å². The van der Waals surface area contributed by atoms with Crippen LogP contribution in [0.4, 0.5) is 0 Å². The summed E-state index contributed by atoms with van der Waals surface area (Å²) < 4.78 is 0. The highest BCUT2D eigenvalue weighted by Crippen LogP contribution is 2.22. The molecule has 0 heterocycles. The van der Waals surface area contributed by atoms with Gasteiger partial charge in [0.2, 0.25) is 5.91 Å². The van der Waals surface area contributed by atoms with Crippen molar-refractivity contribution in [2.45, 2.75) is 59.9 Å². The van der Waals surface area contributed by atoms with Gasteiger partial charge >= 0.3 is 0 Å². The van der Waals surface area contributed by atoms with Crippen LogP contribution in [0.2, 0.25) is 0 Å². The van der Waals surface area contributed by atoms with E-state index in [9.17, 15) is 4.79 Å². The smallest absolute Gasteiger partial charge is 0.223 e. The summed E-state index contributed by atoms with van der Waals surface area (Å²) in [6.45, 7) is 11.5. The van der Waals surface area contributed by atoms with E-state index < -0.39 is 0 Å². The highest BCUT2D eigenvalue weighted by Gasteiger charge is 2.24. The van der Waals surface area contributed by atoms with Crippen LogP contribution in [-0.2, 0) is 4.79 Å². The van der Waals surface area contributed by atoms with Crippen molar-refractivity contribution >= 4 is 21.8 Å². The molecule has 0 rings (SSSR count). The Labute approximate surface area is 109 Å². The zero-order chi connectivity index (χ0) is 12.8. The van der Waals surface area contributed by atoms with E-state index in [2.05, 4.69) is 50.5 Å². The molecule has 0 aromatic heterocycles. The molecule has 0 aliphatic heterocycles. The number of carbonyl (C=O) groups excluding carboxylic acids is 1. The quantitative estimate of drug-likeness (QED) is 0.681. The molecule has 3 heteroatoms. The Bertz CT molecular complexity index is 206. The van der Waals surface area contributed by atoms with Gasteiger partial charge in [0.05, 0.1) is 0 Å². The number of hydrogen-bond acceptors (Lipinski definition) is 1. The largest absolute Gasteiger partial charge is 0.339 e. The van der Waals surface area contributed by atoms with Crippen LogP contribution in [0.3, 0.4) is 0 Å². The summed E-state index contributed by atoms with van der Waals surface area (Å²) in [5.41, 5.74) is 0.0771. The predicted octanol–water partition coefficient (Wildman–Crippen LogP) is 3.83. The molecule has 2 nitrogen and oxygen atoms in total. The lowest BCUT2D eigenvalue weighted by Gasteiger charge is -2.32. The number of hydrogen-bond donors (Lipinski definition) is 0. The minimum absolute atomic E-state index is 0.0771. The maximum Gasteiger partial charge on any atom is 0.223 e. The summed E-state index contributed by atoms with van der Waals surface area (Å²) in [5, 5.41) is 0.860. The van der Waals surface area contributed by atoms with E-state index in [0.29, 0.717) is 18.4 Å². The molecule has 0 atom stereocenters. The molecule has 0 N–H and O–H groups in total. The van der Waals surface area contributed by atoms with Gasteiger partial charge in [-0.05, 0) is 18.3 Å². The number of amides is 1. The van der Waals surface area contributed by atoms with Crippen molar-refractivity contribution in [3.63, 3.8) is 0 Å². The van der Waals surface area contributed by atoms with Gasteiger partial charge in [-0.3, -0.25) is 4.79 Å². The van der Waals surface area contributed by atoms with E-state index in [1.165, 1.54) is 0 Å². The Balaban J connectivity index is 4.57. The number of nitrogens with zero attached hydrogens (tertiary/aromatic N) is 1. The van der Waals surface area contributed by atoms with Gasteiger partial charge in [-0.25, -0.2) is 0 Å². The van der Waals surface area contributed by atoms with Crippen LogP contribution in [0.5, 0.6) is 0 Å². The van der Waals surface area contributed by atoms with E-state index in [4.69, 9.17) is 0 Å². The average Bonchev–Trinajstić information content (AvgIpc) is 2.15. The van der Waals surface area contributed by atoms with Crippen molar-refractivity contribution < 1.29 is 4.79 Å². The Morgan fingerprint density at radius 1 is 1.25 bits per heavy atom. The number of halogens is 1. The summed E-state index contributed by atoms with van der Waals surface area (Å²) in [6, 6.07) is 0.396. The molecule has 96 valence electrons. The summed E-state index contributed by atoms with van der Waals surface area (Å²) >= 11 is 3.43.